The number of ether oxygens (including phenoxy) is 1. The van der Waals surface area contributed by atoms with Crippen LogP contribution in [0.2, 0.25) is 10.0 Å². The summed E-state index contributed by atoms with van der Waals surface area (Å²) >= 11 is 12.3. The Hall–Kier alpha value is -2.49. The molecule has 35 heavy (non-hydrogen) atoms. The average Bonchev–Trinajstić information content (AvgIpc) is 2.81. The summed E-state index contributed by atoms with van der Waals surface area (Å²) in [5.41, 5.74) is 0.792. The topological polar surface area (TPSA) is 96.0 Å². The zero-order valence-corrected chi connectivity index (χ0v) is 22.7. The van der Waals surface area contributed by atoms with E-state index in [-0.39, 0.29) is 34.2 Å². The largest absolute Gasteiger partial charge is 0.497 e. The highest BCUT2D eigenvalue weighted by molar-refractivity contribution is 7.92. The monoisotopic (exact) mass is 543 g/mol. The van der Waals surface area contributed by atoms with E-state index in [0.29, 0.717) is 11.3 Å². The third-order valence-electron chi connectivity index (χ3n) is 5.53. The standard InChI is InChI=1S/C24H31Cl2N3O5S/c1-6-16(2)27-24(31)17(3)28(14-18-9-7-10-19(13-18)34-4)22(30)15-29(35(5,32)33)21-12-8-11-20(25)23(21)26/h7-13,16-17H,6,14-15H2,1-5H3,(H,27,31)/t16-,17-/m0/s1. The van der Waals surface area contributed by atoms with Gasteiger partial charge in [-0.15, -0.1) is 0 Å². The molecule has 11 heteroatoms. The Labute approximate surface area is 217 Å². The summed E-state index contributed by atoms with van der Waals surface area (Å²) in [6, 6.07) is 10.7. The highest BCUT2D eigenvalue weighted by Gasteiger charge is 2.31. The molecule has 0 aliphatic rings. The number of benzene rings is 2. The van der Waals surface area contributed by atoms with E-state index < -0.39 is 28.5 Å². The number of methoxy groups -OCH3 is 1. The molecule has 0 saturated carbocycles. The van der Waals surface area contributed by atoms with E-state index in [4.69, 9.17) is 27.9 Å². The fourth-order valence-electron chi connectivity index (χ4n) is 3.30. The fourth-order valence-corrected chi connectivity index (χ4v) is 4.60. The van der Waals surface area contributed by atoms with Crippen molar-refractivity contribution < 1.29 is 22.7 Å². The lowest BCUT2D eigenvalue weighted by atomic mass is 10.1. The molecule has 1 N–H and O–H groups in total. The van der Waals surface area contributed by atoms with E-state index in [1.165, 1.54) is 24.1 Å². The van der Waals surface area contributed by atoms with Gasteiger partial charge in [-0.05, 0) is 50.1 Å². The van der Waals surface area contributed by atoms with Gasteiger partial charge in [0.2, 0.25) is 21.8 Å². The number of hydrogen-bond donors (Lipinski definition) is 1. The second kappa shape index (κ2) is 12.5. The second-order valence-corrected chi connectivity index (χ2v) is 10.9. The van der Waals surface area contributed by atoms with Crippen LogP contribution in [0.15, 0.2) is 42.5 Å². The molecule has 0 fully saturated rings. The van der Waals surface area contributed by atoms with Gasteiger partial charge in [-0.25, -0.2) is 8.42 Å². The molecule has 0 saturated heterocycles. The van der Waals surface area contributed by atoms with Crippen LogP contribution in [0.4, 0.5) is 5.69 Å². The number of hydrogen-bond acceptors (Lipinski definition) is 5. The summed E-state index contributed by atoms with van der Waals surface area (Å²) in [6.45, 7) is 4.90. The van der Waals surface area contributed by atoms with Crippen molar-refractivity contribution in [1.82, 2.24) is 10.2 Å². The Morgan fingerprint density at radius 1 is 1.11 bits per heavy atom. The number of amides is 2. The van der Waals surface area contributed by atoms with Crippen LogP contribution in [-0.4, -0.2) is 57.1 Å². The Morgan fingerprint density at radius 2 is 1.77 bits per heavy atom. The number of sulfonamides is 1. The number of carbonyl (C=O) groups is 2. The Morgan fingerprint density at radius 3 is 2.37 bits per heavy atom. The van der Waals surface area contributed by atoms with Crippen LogP contribution < -0.4 is 14.4 Å². The van der Waals surface area contributed by atoms with Crippen LogP contribution in [0.3, 0.4) is 0 Å². The van der Waals surface area contributed by atoms with Gasteiger partial charge >= 0.3 is 0 Å². The molecule has 0 radical (unpaired) electrons. The highest BCUT2D eigenvalue weighted by Crippen LogP contribution is 2.33. The molecule has 2 aromatic carbocycles. The lowest BCUT2D eigenvalue weighted by Gasteiger charge is -2.32. The van der Waals surface area contributed by atoms with E-state index in [1.54, 1.807) is 37.3 Å². The van der Waals surface area contributed by atoms with Gasteiger partial charge in [0.05, 0.1) is 29.1 Å². The maximum atomic E-state index is 13.6. The van der Waals surface area contributed by atoms with Crippen LogP contribution in [0, 0.1) is 0 Å². The molecule has 0 unspecified atom stereocenters. The molecular formula is C24H31Cl2N3O5S. The van der Waals surface area contributed by atoms with Crippen LogP contribution >= 0.6 is 23.2 Å². The van der Waals surface area contributed by atoms with Crippen LogP contribution in [0.1, 0.15) is 32.8 Å². The zero-order valence-electron chi connectivity index (χ0n) is 20.4. The van der Waals surface area contributed by atoms with Crippen molar-refractivity contribution in [2.24, 2.45) is 0 Å². The van der Waals surface area contributed by atoms with E-state index in [0.717, 1.165) is 17.0 Å². The minimum atomic E-state index is -3.92. The molecule has 0 aliphatic carbocycles. The minimum Gasteiger partial charge on any atom is -0.497 e. The quantitative estimate of drug-likeness (QED) is 0.460. The SMILES string of the molecule is CC[C@H](C)NC(=O)[C@H](C)N(Cc1cccc(OC)c1)C(=O)CN(c1cccc(Cl)c1Cl)S(C)(=O)=O. The van der Waals surface area contributed by atoms with Gasteiger partial charge in [-0.2, -0.15) is 0 Å². The molecule has 192 valence electrons. The molecule has 0 aromatic heterocycles. The van der Waals surface area contributed by atoms with Gasteiger partial charge in [-0.3, -0.25) is 13.9 Å². The summed E-state index contributed by atoms with van der Waals surface area (Å²) in [6.07, 6.45) is 1.69. The Bertz CT molecular complexity index is 1160. The summed E-state index contributed by atoms with van der Waals surface area (Å²) in [4.78, 5) is 27.8. The number of halogens is 2. The molecular weight excluding hydrogens is 513 g/mol. The Balaban J connectivity index is 2.45. The summed E-state index contributed by atoms with van der Waals surface area (Å²) in [5, 5.41) is 3.04. The van der Waals surface area contributed by atoms with Crippen molar-refractivity contribution in [2.45, 2.75) is 45.8 Å². The highest BCUT2D eigenvalue weighted by atomic mass is 35.5. The lowest BCUT2D eigenvalue weighted by Crippen LogP contribution is -2.52. The second-order valence-electron chi connectivity index (χ2n) is 8.21. The average molecular weight is 545 g/mol. The van der Waals surface area contributed by atoms with Gasteiger partial charge < -0.3 is 15.0 Å². The maximum absolute atomic E-state index is 13.6. The van der Waals surface area contributed by atoms with Crippen molar-refractivity contribution in [3.05, 3.63) is 58.1 Å². The number of nitrogens with one attached hydrogen (secondary N) is 1. The zero-order chi connectivity index (χ0) is 26.3. The first kappa shape index (κ1) is 28.7. The van der Waals surface area contributed by atoms with Gasteiger partial charge in [0.15, 0.2) is 0 Å². The molecule has 8 nitrogen and oxygen atoms in total. The third-order valence-corrected chi connectivity index (χ3v) is 7.47. The molecule has 2 atom stereocenters. The first-order valence-corrected chi connectivity index (χ1v) is 13.6. The predicted octanol–water partition coefficient (Wildman–Crippen LogP) is 4.10. The van der Waals surface area contributed by atoms with E-state index in [1.807, 2.05) is 13.8 Å². The van der Waals surface area contributed by atoms with Crippen LogP contribution in [0.5, 0.6) is 5.75 Å². The maximum Gasteiger partial charge on any atom is 0.244 e. The summed E-state index contributed by atoms with van der Waals surface area (Å²) in [7, 11) is -2.39. The molecule has 0 bridgehead atoms. The van der Waals surface area contributed by atoms with Crippen LogP contribution in [0.25, 0.3) is 0 Å². The first-order valence-electron chi connectivity index (χ1n) is 11.0. The number of nitrogens with zero attached hydrogens (tertiary/aromatic N) is 2. The molecule has 0 heterocycles. The first-order chi connectivity index (χ1) is 16.4. The fraction of sp³-hybridized carbons (Fsp3) is 0.417. The van der Waals surface area contributed by atoms with Crippen molar-refractivity contribution in [3.8, 4) is 5.75 Å². The van der Waals surface area contributed by atoms with Gasteiger partial charge in [0, 0.05) is 12.6 Å². The third kappa shape index (κ3) is 7.75. The van der Waals surface area contributed by atoms with Crippen molar-refractivity contribution in [1.29, 1.82) is 0 Å². The predicted molar refractivity (Wildman–Crippen MR) is 140 cm³/mol. The van der Waals surface area contributed by atoms with Gasteiger partial charge in [0.1, 0.15) is 18.3 Å². The summed E-state index contributed by atoms with van der Waals surface area (Å²) < 4.78 is 31.4. The van der Waals surface area contributed by atoms with Crippen molar-refractivity contribution in [3.63, 3.8) is 0 Å². The molecule has 2 rings (SSSR count). The summed E-state index contributed by atoms with van der Waals surface area (Å²) in [5.74, 6) is -0.335. The van der Waals surface area contributed by atoms with Gasteiger partial charge in [-0.1, -0.05) is 48.3 Å². The molecule has 2 amide bonds. The van der Waals surface area contributed by atoms with E-state index in [2.05, 4.69) is 5.32 Å². The minimum absolute atomic E-state index is 0.00861. The number of rotatable bonds is 11. The van der Waals surface area contributed by atoms with Crippen molar-refractivity contribution in [2.75, 3.05) is 24.2 Å². The number of anilines is 1. The van der Waals surface area contributed by atoms with Crippen LogP contribution in [-0.2, 0) is 26.2 Å². The van der Waals surface area contributed by atoms with Crippen molar-refractivity contribution >= 4 is 50.7 Å². The molecule has 2 aromatic rings. The smallest absolute Gasteiger partial charge is 0.244 e. The molecule has 0 aliphatic heterocycles. The van der Waals surface area contributed by atoms with E-state index in [9.17, 15) is 18.0 Å². The lowest BCUT2D eigenvalue weighted by molar-refractivity contribution is -0.139. The molecule has 0 spiro atoms. The normalized spacial score (nSPS) is 13.0. The van der Waals surface area contributed by atoms with Gasteiger partial charge in [0.25, 0.3) is 0 Å². The number of carbonyl (C=O) groups excluding carboxylic acids is 2. The van der Waals surface area contributed by atoms with E-state index >= 15 is 0 Å². The Kier molecular flexibility index (Phi) is 10.2.